The quantitative estimate of drug-likeness (QED) is 0.882. The van der Waals surface area contributed by atoms with Gasteiger partial charge in [-0.05, 0) is 31.5 Å². The predicted octanol–water partition coefficient (Wildman–Crippen LogP) is 3.53. The minimum absolute atomic E-state index is 0.0915. The van der Waals surface area contributed by atoms with Gasteiger partial charge >= 0.3 is 0 Å². The molecule has 2 aromatic rings. The van der Waals surface area contributed by atoms with Crippen LogP contribution < -0.4 is 15.4 Å². The summed E-state index contributed by atoms with van der Waals surface area (Å²) < 4.78 is 5.75. The van der Waals surface area contributed by atoms with Crippen LogP contribution in [0.25, 0.3) is 0 Å². The molecule has 0 spiro atoms. The summed E-state index contributed by atoms with van der Waals surface area (Å²) in [6.45, 7) is 5.31. The predicted molar refractivity (Wildman–Crippen MR) is 89.0 cm³/mol. The fraction of sp³-hybridized carbons (Fsp3) is 0.333. The van der Waals surface area contributed by atoms with Crippen molar-refractivity contribution in [3.8, 4) is 5.75 Å². The Balaban J connectivity index is 2.38. The van der Waals surface area contributed by atoms with Gasteiger partial charge in [-0.3, -0.25) is 0 Å². The van der Waals surface area contributed by atoms with Crippen molar-refractivity contribution < 1.29 is 4.74 Å². The maximum Gasteiger partial charge on any atom is 0.124 e. The number of nitrogens with two attached hydrogens (primary N) is 1. The summed E-state index contributed by atoms with van der Waals surface area (Å²) in [6, 6.07) is 16.6. The first-order chi connectivity index (χ1) is 10.2. The molecule has 0 heterocycles. The summed E-state index contributed by atoms with van der Waals surface area (Å²) in [5.74, 6) is 0.913. The van der Waals surface area contributed by atoms with E-state index in [9.17, 15) is 0 Å². The Kier molecular flexibility index (Phi) is 5.23. The molecule has 3 nitrogen and oxygen atoms in total. The van der Waals surface area contributed by atoms with Crippen LogP contribution in [-0.4, -0.2) is 20.2 Å². The fourth-order valence-corrected chi connectivity index (χ4v) is 2.66. The first-order valence-electron chi connectivity index (χ1n) is 7.39. The Morgan fingerprint density at radius 2 is 1.76 bits per heavy atom. The van der Waals surface area contributed by atoms with Crippen molar-refractivity contribution in [3.05, 3.63) is 59.7 Å². The van der Waals surface area contributed by atoms with Crippen LogP contribution >= 0.6 is 0 Å². The summed E-state index contributed by atoms with van der Waals surface area (Å²) in [4.78, 5) is 2.23. The third-order valence-corrected chi connectivity index (χ3v) is 3.76. The normalized spacial score (nSPS) is 12.0. The average Bonchev–Trinajstić information content (AvgIpc) is 2.50. The zero-order valence-electron chi connectivity index (χ0n) is 13.0. The van der Waals surface area contributed by atoms with Gasteiger partial charge in [0.05, 0.1) is 12.6 Å². The monoisotopic (exact) mass is 284 g/mol. The lowest BCUT2D eigenvalue weighted by atomic mass is 10.0. The molecular formula is C18H24N2O. The van der Waals surface area contributed by atoms with E-state index in [0.717, 1.165) is 11.3 Å². The lowest BCUT2D eigenvalue weighted by Crippen LogP contribution is -2.31. The van der Waals surface area contributed by atoms with E-state index in [1.165, 1.54) is 11.3 Å². The van der Waals surface area contributed by atoms with E-state index in [4.69, 9.17) is 10.5 Å². The van der Waals surface area contributed by atoms with E-state index < -0.39 is 0 Å². The van der Waals surface area contributed by atoms with Gasteiger partial charge in [0.1, 0.15) is 5.75 Å². The van der Waals surface area contributed by atoms with E-state index in [0.29, 0.717) is 13.2 Å². The lowest BCUT2D eigenvalue weighted by Gasteiger charge is -2.31. The highest BCUT2D eigenvalue weighted by atomic mass is 16.5. The molecule has 112 valence electrons. The van der Waals surface area contributed by atoms with Crippen LogP contribution in [0.3, 0.4) is 0 Å². The van der Waals surface area contributed by atoms with Crippen LogP contribution in [0.1, 0.15) is 24.1 Å². The van der Waals surface area contributed by atoms with Crippen molar-refractivity contribution in [3.63, 3.8) is 0 Å². The number of rotatable bonds is 6. The van der Waals surface area contributed by atoms with Crippen molar-refractivity contribution in [2.45, 2.75) is 19.9 Å². The van der Waals surface area contributed by atoms with Gasteiger partial charge < -0.3 is 15.4 Å². The minimum Gasteiger partial charge on any atom is -0.494 e. The standard InChI is InChI=1S/C18H24N2O/c1-4-21-18-12-8-6-10-15(18)17(13-19)20(3)16-11-7-5-9-14(16)2/h5-12,17H,4,13,19H2,1-3H3. The molecule has 0 aliphatic carbocycles. The Labute approximate surface area is 127 Å². The van der Waals surface area contributed by atoms with Crippen molar-refractivity contribution >= 4 is 5.69 Å². The average molecular weight is 284 g/mol. The highest BCUT2D eigenvalue weighted by Crippen LogP contribution is 2.32. The van der Waals surface area contributed by atoms with Gasteiger partial charge in [0, 0.05) is 24.8 Å². The number of aryl methyl sites for hydroxylation is 1. The molecule has 1 unspecified atom stereocenters. The number of para-hydroxylation sites is 2. The number of likely N-dealkylation sites (N-methyl/N-ethyl adjacent to an activating group) is 1. The van der Waals surface area contributed by atoms with Crippen molar-refractivity contribution in [1.82, 2.24) is 0 Å². The highest BCUT2D eigenvalue weighted by molar-refractivity contribution is 5.55. The molecule has 0 saturated heterocycles. The molecule has 2 aromatic carbocycles. The smallest absolute Gasteiger partial charge is 0.124 e. The van der Waals surface area contributed by atoms with E-state index >= 15 is 0 Å². The van der Waals surface area contributed by atoms with Gasteiger partial charge in [0.15, 0.2) is 0 Å². The molecule has 0 fully saturated rings. The van der Waals surface area contributed by atoms with Crippen LogP contribution in [0, 0.1) is 6.92 Å². The molecule has 2 N–H and O–H groups in total. The second kappa shape index (κ2) is 7.14. The largest absolute Gasteiger partial charge is 0.494 e. The summed E-state index contributed by atoms with van der Waals surface area (Å²) >= 11 is 0. The number of nitrogens with zero attached hydrogens (tertiary/aromatic N) is 1. The second-order valence-corrected chi connectivity index (χ2v) is 5.12. The van der Waals surface area contributed by atoms with E-state index in [1.807, 2.05) is 25.1 Å². The molecule has 0 amide bonds. The molecular weight excluding hydrogens is 260 g/mol. The van der Waals surface area contributed by atoms with Crippen LogP contribution in [0.2, 0.25) is 0 Å². The topological polar surface area (TPSA) is 38.5 Å². The molecule has 1 atom stereocenters. The van der Waals surface area contributed by atoms with Crippen LogP contribution in [-0.2, 0) is 0 Å². The molecule has 0 radical (unpaired) electrons. The molecule has 2 rings (SSSR count). The molecule has 0 saturated carbocycles. The lowest BCUT2D eigenvalue weighted by molar-refractivity contribution is 0.334. The third kappa shape index (κ3) is 3.37. The van der Waals surface area contributed by atoms with Crippen LogP contribution in [0.15, 0.2) is 48.5 Å². The highest BCUT2D eigenvalue weighted by Gasteiger charge is 2.20. The Morgan fingerprint density at radius 1 is 1.10 bits per heavy atom. The number of hydrogen-bond acceptors (Lipinski definition) is 3. The van der Waals surface area contributed by atoms with Crippen LogP contribution in [0.5, 0.6) is 5.75 Å². The molecule has 0 aliphatic rings. The van der Waals surface area contributed by atoms with Gasteiger partial charge in [-0.15, -0.1) is 0 Å². The number of benzene rings is 2. The molecule has 0 bridgehead atoms. The van der Waals surface area contributed by atoms with Gasteiger partial charge in [0.2, 0.25) is 0 Å². The summed E-state index contributed by atoms with van der Waals surface area (Å²) in [7, 11) is 2.09. The number of anilines is 1. The molecule has 21 heavy (non-hydrogen) atoms. The number of hydrogen-bond donors (Lipinski definition) is 1. The van der Waals surface area contributed by atoms with Crippen molar-refractivity contribution in [2.24, 2.45) is 5.73 Å². The maximum atomic E-state index is 6.06. The Bertz CT molecular complexity index is 583. The van der Waals surface area contributed by atoms with Crippen molar-refractivity contribution in [2.75, 3.05) is 25.1 Å². The Morgan fingerprint density at radius 3 is 2.43 bits per heavy atom. The third-order valence-electron chi connectivity index (χ3n) is 3.76. The fourth-order valence-electron chi connectivity index (χ4n) is 2.66. The van der Waals surface area contributed by atoms with Gasteiger partial charge in [-0.1, -0.05) is 36.4 Å². The summed E-state index contributed by atoms with van der Waals surface area (Å²) in [6.07, 6.45) is 0. The maximum absolute atomic E-state index is 6.06. The van der Waals surface area contributed by atoms with Gasteiger partial charge in [-0.25, -0.2) is 0 Å². The molecule has 0 aromatic heterocycles. The Hall–Kier alpha value is -2.00. The van der Waals surface area contributed by atoms with Gasteiger partial charge in [0.25, 0.3) is 0 Å². The van der Waals surface area contributed by atoms with Gasteiger partial charge in [-0.2, -0.15) is 0 Å². The van der Waals surface area contributed by atoms with E-state index in [1.54, 1.807) is 0 Å². The zero-order valence-corrected chi connectivity index (χ0v) is 13.0. The van der Waals surface area contributed by atoms with Crippen molar-refractivity contribution in [1.29, 1.82) is 0 Å². The zero-order chi connectivity index (χ0) is 15.2. The molecule has 3 heteroatoms. The van der Waals surface area contributed by atoms with Crippen LogP contribution in [0.4, 0.5) is 5.69 Å². The first kappa shape index (κ1) is 15.4. The molecule has 0 aliphatic heterocycles. The summed E-state index contributed by atoms with van der Waals surface area (Å²) in [5, 5.41) is 0. The number of ether oxygens (including phenoxy) is 1. The van der Waals surface area contributed by atoms with E-state index in [-0.39, 0.29) is 6.04 Å². The first-order valence-corrected chi connectivity index (χ1v) is 7.39. The SMILES string of the molecule is CCOc1ccccc1C(CN)N(C)c1ccccc1C. The van der Waals surface area contributed by atoms with E-state index in [2.05, 4.69) is 49.2 Å². The minimum atomic E-state index is 0.0915. The second-order valence-electron chi connectivity index (χ2n) is 5.12. The summed E-state index contributed by atoms with van der Waals surface area (Å²) in [5.41, 5.74) is 9.63.